The highest BCUT2D eigenvalue weighted by molar-refractivity contribution is 9.10. The van der Waals surface area contributed by atoms with Crippen LogP contribution in [0.15, 0.2) is 71.2 Å². The fraction of sp³-hybridized carbons (Fsp3) is 0.321. The molecule has 2 saturated carbocycles. The van der Waals surface area contributed by atoms with Crippen molar-refractivity contribution in [2.24, 2.45) is 17.8 Å². The molecule has 3 aromatic carbocycles. The van der Waals surface area contributed by atoms with Crippen LogP contribution in [0, 0.1) is 24.7 Å². The van der Waals surface area contributed by atoms with Gasteiger partial charge in [-0.3, -0.25) is 4.79 Å². The summed E-state index contributed by atoms with van der Waals surface area (Å²) in [5.74, 6) is 2.62. The van der Waals surface area contributed by atoms with Crippen molar-refractivity contribution < 1.29 is 4.79 Å². The monoisotopic (exact) mass is 486 g/mol. The molecular weight excluding hydrogens is 460 g/mol. The van der Waals surface area contributed by atoms with Gasteiger partial charge in [-0.2, -0.15) is 0 Å². The van der Waals surface area contributed by atoms with Crippen LogP contribution < -0.4 is 10.6 Å². The summed E-state index contributed by atoms with van der Waals surface area (Å²) in [6, 6.07) is 23.4. The maximum Gasteiger partial charge on any atom is 0.255 e. The van der Waals surface area contributed by atoms with Gasteiger partial charge in [0, 0.05) is 21.4 Å². The molecule has 0 radical (unpaired) electrons. The van der Waals surface area contributed by atoms with Gasteiger partial charge in [0.1, 0.15) is 0 Å². The number of carbonyl (C=O) groups excluding carboxylic acids is 1. The smallest absolute Gasteiger partial charge is 0.255 e. The molecule has 6 rings (SSSR count). The van der Waals surface area contributed by atoms with Crippen molar-refractivity contribution in [2.45, 2.75) is 38.1 Å². The van der Waals surface area contributed by atoms with E-state index in [1.807, 2.05) is 31.2 Å². The molecule has 1 aliphatic heterocycles. The van der Waals surface area contributed by atoms with Gasteiger partial charge in [0.15, 0.2) is 0 Å². The van der Waals surface area contributed by atoms with Crippen LogP contribution in [0.1, 0.15) is 58.3 Å². The van der Waals surface area contributed by atoms with Gasteiger partial charge >= 0.3 is 0 Å². The van der Waals surface area contributed by atoms with E-state index in [2.05, 4.69) is 69.0 Å². The van der Waals surface area contributed by atoms with Crippen LogP contribution in [0.5, 0.6) is 0 Å². The molecule has 1 amide bonds. The second-order valence-corrected chi connectivity index (χ2v) is 10.5. The molecule has 32 heavy (non-hydrogen) atoms. The van der Waals surface area contributed by atoms with Crippen molar-refractivity contribution in [2.75, 3.05) is 10.6 Å². The number of hydrogen-bond acceptors (Lipinski definition) is 2. The third-order valence-electron chi connectivity index (χ3n) is 7.92. The highest BCUT2D eigenvalue weighted by atomic mass is 79.9. The summed E-state index contributed by atoms with van der Waals surface area (Å²) in [4.78, 5) is 13.1. The van der Waals surface area contributed by atoms with Crippen LogP contribution in [0.3, 0.4) is 0 Å². The van der Waals surface area contributed by atoms with Gasteiger partial charge in [-0.05, 0) is 103 Å². The molecule has 3 aromatic rings. The van der Waals surface area contributed by atoms with Gasteiger partial charge in [0.25, 0.3) is 5.91 Å². The van der Waals surface area contributed by atoms with E-state index in [9.17, 15) is 4.79 Å². The Morgan fingerprint density at radius 3 is 2.62 bits per heavy atom. The normalized spacial score (nSPS) is 27.4. The summed E-state index contributed by atoms with van der Waals surface area (Å²) in [7, 11) is 0. The number of aryl methyl sites for hydroxylation is 1. The Bertz CT molecular complexity index is 1190. The number of anilines is 2. The minimum absolute atomic E-state index is 0.0422. The summed E-state index contributed by atoms with van der Waals surface area (Å²) in [5.41, 5.74) is 6.60. The van der Waals surface area contributed by atoms with Crippen molar-refractivity contribution in [3.8, 4) is 0 Å². The fourth-order valence-electron chi connectivity index (χ4n) is 6.54. The minimum atomic E-state index is -0.0422. The van der Waals surface area contributed by atoms with E-state index in [1.165, 1.54) is 36.1 Å². The lowest BCUT2D eigenvalue weighted by Crippen LogP contribution is -2.35. The second kappa shape index (κ2) is 7.77. The number of fused-ring (bicyclic) bond motifs is 7. The zero-order valence-corrected chi connectivity index (χ0v) is 19.7. The molecule has 5 atom stereocenters. The number of rotatable bonds is 3. The predicted octanol–water partition coefficient (Wildman–Crippen LogP) is 7.31. The van der Waals surface area contributed by atoms with Crippen LogP contribution in [0.4, 0.5) is 11.4 Å². The molecule has 0 spiro atoms. The largest absolute Gasteiger partial charge is 0.378 e. The highest BCUT2D eigenvalue weighted by Gasteiger charge is 2.53. The fourth-order valence-corrected chi connectivity index (χ4v) is 6.79. The van der Waals surface area contributed by atoms with Crippen molar-refractivity contribution in [3.05, 3.63) is 93.5 Å². The van der Waals surface area contributed by atoms with Gasteiger partial charge in [-0.15, -0.1) is 0 Å². The number of nitrogens with one attached hydrogen (secondary N) is 2. The molecule has 162 valence electrons. The number of halogens is 1. The summed E-state index contributed by atoms with van der Waals surface area (Å²) >= 11 is 3.53. The third kappa shape index (κ3) is 3.27. The molecule has 3 aliphatic rings. The summed E-state index contributed by atoms with van der Waals surface area (Å²) in [6.45, 7) is 2.03. The first-order chi connectivity index (χ1) is 15.6. The molecule has 0 unspecified atom stereocenters. The quantitative estimate of drug-likeness (QED) is 0.407. The van der Waals surface area contributed by atoms with Crippen LogP contribution in [0.25, 0.3) is 0 Å². The number of amides is 1. The first-order valence-corrected chi connectivity index (χ1v) is 12.4. The molecule has 1 heterocycles. The Kier molecular flexibility index (Phi) is 4.87. The Morgan fingerprint density at radius 2 is 1.81 bits per heavy atom. The van der Waals surface area contributed by atoms with Crippen LogP contribution in [0.2, 0.25) is 0 Å². The van der Waals surface area contributed by atoms with Gasteiger partial charge in [-0.25, -0.2) is 0 Å². The maximum absolute atomic E-state index is 13.1. The Labute approximate surface area is 197 Å². The topological polar surface area (TPSA) is 41.1 Å². The van der Waals surface area contributed by atoms with Crippen molar-refractivity contribution in [1.82, 2.24) is 0 Å². The first kappa shape index (κ1) is 20.0. The molecule has 0 saturated heterocycles. The lowest BCUT2D eigenvalue weighted by molar-refractivity contribution is 0.102. The molecule has 4 heteroatoms. The summed E-state index contributed by atoms with van der Waals surface area (Å²) < 4.78 is 1.05. The Hall–Kier alpha value is -2.59. The third-order valence-corrected chi connectivity index (χ3v) is 8.81. The summed E-state index contributed by atoms with van der Waals surface area (Å²) in [5, 5.41) is 6.94. The van der Waals surface area contributed by atoms with E-state index < -0.39 is 0 Å². The summed E-state index contributed by atoms with van der Waals surface area (Å²) in [6.07, 6.45) is 3.99. The zero-order chi connectivity index (χ0) is 21.8. The lowest BCUT2D eigenvalue weighted by atomic mass is 9.68. The van der Waals surface area contributed by atoms with Crippen LogP contribution in [-0.4, -0.2) is 5.91 Å². The van der Waals surface area contributed by atoms with E-state index in [0.717, 1.165) is 33.1 Å². The van der Waals surface area contributed by atoms with E-state index in [-0.39, 0.29) is 5.91 Å². The minimum Gasteiger partial charge on any atom is -0.378 e. The highest BCUT2D eigenvalue weighted by Crippen LogP contribution is 2.63. The molecule has 2 fully saturated rings. The molecular formula is C28H27BrN2O. The number of carbonyl (C=O) groups is 1. The maximum atomic E-state index is 13.1. The van der Waals surface area contributed by atoms with Gasteiger partial charge in [0.2, 0.25) is 0 Å². The van der Waals surface area contributed by atoms with E-state index >= 15 is 0 Å². The van der Waals surface area contributed by atoms with Crippen molar-refractivity contribution >= 4 is 33.2 Å². The van der Waals surface area contributed by atoms with Crippen LogP contribution >= 0.6 is 15.9 Å². The molecule has 2 N–H and O–H groups in total. The van der Waals surface area contributed by atoms with Gasteiger partial charge < -0.3 is 10.6 Å². The predicted molar refractivity (Wildman–Crippen MR) is 133 cm³/mol. The first-order valence-electron chi connectivity index (χ1n) is 11.6. The Morgan fingerprint density at radius 1 is 1.00 bits per heavy atom. The van der Waals surface area contributed by atoms with Crippen molar-refractivity contribution in [3.63, 3.8) is 0 Å². The van der Waals surface area contributed by atoms with Crippen molar-refractivity contribution in [1.29, 1.82) is 0 Å². The molecule has 3 nitrogen and oxygen atoms in total. The van der Waals surface area contributed by atoms with E-state index in [4.69, 9.17) is 0 Å². The number of hydrogen-bond donors (Lipinski definition) is 2. The van der Waals surface area contributed by atoms with E-state index in [1.54, 1.807) is 0 Å². The SMILES string of the molecule is Cc1cc(NC(=O)c2ccc3c(c2)[C@@H]2[C@H]4CC[C@@H](C4)[C@@H]2[C@@H](c2ccccc2)N3)ccc1Br. The van der Waals surface area contributed by atoms with Gasteiger partial charge in [-0.1, -0.05) is 46.3 Å². The molecule has 2 aliphatic carbocycles. The Balaban J connectivity index is 1.34. The zero-order valence-electron chi connectivity index (χ0n) is 18.1. The van der Waals surface area contributed by atoms with E-state index in [0.29, 0.717) is 17.9 Å². The average Bonchev–Trinajstić information content (AvgIpc) is 3.44. The average molecular weight is 487 g/mol. The number of benzene rings is 3. The molecule has 2 bridgehead atoms. The standard InChI is InChI=1S/C28H27BrN2O/c1-16-13-21(10-11-23(16)29)30-28(32)20-9-12-24-22(15-20)25-18-7-8-19(14-18)26(25)27(31-24)17-5-3-2-4-6-17/h2-6,9-13,15,18-19,25-27,31H,7-8,14H2,1H3,(H,30,32)/t18-,19-,25-,26-,27+/m0/s1. The van der Waals surface area contributed by atoms with Gasteiger partial charge in [0.05, 0.1) is 6.04 Å². The lowest BCUT2D eigenvalue weighted by Gasteiger charge is -2.43. The van der Waals surface area contributed by atoms with Crippen LogP contribution in [-0.2, 0) is 0 Å². The molecule has 0 aromatic heterocycles. The second-order valence-electron chi connectivity index (χ2n) is 9.69.